The lowest BCUT2D eigenvalue weighted by molar-refractivity contribution is -0.116. The van der Waals surface area contributed by atoms with E-state index in [1.54, 1.807) is 12.4 Å². The Bertz CT molecular complexity index is 1140. The van der Waals surface area contributed by atoms with E-state index in [9.17, 15) is 4.79 Å². The molecular formula is C21H22N6O2. The van der Waals surface area contributed by atoms with E-state index in [-0.39, 0.29) is 18.4 Å². The van der Waals surface area contributed by atoms with Gasteiger partial charge in [0.25, 0.3) is 0 Å². The molecule has 3 aromatic heterocycles. The van der Waals surface area contributed by atoms with Gasteiger partial charge in [-0.1, -0.05) is 17.7 Å². The first-order chi connectivity index (χ1) is 14.0. The molecule has 1 aromatic carbocycles. The number of pyridine rings is 1. The van der Waals surface area contributed by atoms with Crippen LogP contribution in [0.3, 0.4) is 0 Å². The molecule has 29 heavy (non-hydrogen) atoms. The fraction of sp³-hybridized carbons (Fsp3) is 0.286. The van der Waals surface area contributed by atoms with Gasteiger partial charge in [-0.15, -0.1) is 10.2 Å². The molecule has 0 aliphatic rings. The number of hydrogen-bond acceptors (Lipinski definition) is 6. The molecule has 4 aromatic rings. The lowest BCUT2D eigenvalue weighted by Crippen LogP contribution is -2.12. The van der Waals surface area contributed by atoms with Crippen LogP contribution >= 0.6 is 0 Å². The lowest BCUT2D eigenvalue weighted by atomic mass is 10.1. The summed E-state index contributed by atoms with van der Waals surface area (Å²) in [5.41, 5.74) is 3.46. The summed E-state index contributed by atoms with van der Waals surface area (Å²) in [7, 11) is 0. The molecule has 0 radical (unpaired) electrons. The van der Waals surface area contributed by atoms with E-state index in [2.05, 4.69) is 25.6 Å². The molecule has 8 nitrogen and oxygen atoms in total. The van der Waals surface area contributed by atoms with Crippen LogP contribution in [0.5, 0.6) is 0 Å². The fourth-order valence-electron chi connectivity index (χ4n) is 3.00. The number of carbonyl (C=O) groups is 1. The average molecular weight is 390 g/mol. The summed E-state index contributed by atoms with van der Waals surface area (Å²) in [5.74, 6) is 0.747. The minimum absolute atomic E-state index is 0.141. The van der Waals surface area contributed by atoms with Crippen molar-refractivity contribution in [2.75, 3.05) is 5.32 Å². The fourth-order valence-corrected chi connectivity index (χ4v) is 3.00. The molecule has 0 saturated heterocycles. The summed E-state index contributed by atoms with van der Waals surface area (Å²) in [6, 6.07) is 9.94. The van der Waals surface area contributed by atoms with Gasteiger partial charge < -0.3 is 9.73 Å². The first kappa shape index (κ1) is 18.8. The summed E-state index contributed by atoms with van der Waals surface area (Å²) >= 11 is 0. The van der Waals surface area contributed by atoms with Crippen LogP contribution in [0.2, 0.25) is 0 Å². The number of hydrogen-bond donors (Lipinski definition) is 1. The number of nitrogens with zero attached hydrogens (tertiary/aromatic N) is 5. The molecular weight excluding hydrogens is 368 g/mol. The molecule has 4 rings (SSSR count). The van der Waals surface area contributed by atoms with E-state index in [0.29, 0.717) is 23.9 Å². The smallest absolute Gasteiger partial charge is 0.247 e. The Labute approximate surface area is 168 Å². The highest BCUT2D eigenvalue weighted by Gasteiger charge is 2.12. The van der Waals surface area contributed by atoms with Gasteiger partial charge in [0.2, 0.25) is 17.7 Å². The van der Waals surface area contributed by atoms with Crippen molar-refractivity contribution in [1.82, 2.24) is 25.0 Å². The number of aromatic nitrogens is 5. The Morgan fingerprint density at radius 3 is 2.72 bits per heavy atom. The van der Waals surface area contributed by atoms with Crippen molar-refractivity contribution in [1.29, 1.82) is 0 Å². The van der Waals surface area contributed by atoms with Crippen molar-refractivity contribution in [3.05, 3.63) is 54.2 Å². The summed E-state index contributed by atoms with van der Waals surface area (Å²) in [6.07, 6.45) is 4.00. The van der Waals surface area contributed by atoms with Crippen LogP contribution in [0.15, 0.2) is 47.1 Å². The Kier molecular flexibility index (Phi) is 5.07. The van der Waals surface area contributed by atoms with Crippen LogP contribution in [0.25, 0.3) is 22.5 Å². The van der Waals surface area contributed by atoms with Crippen molar-refractivity contribution < 1.29 is 9.21 Å². The van der Waals surface area contributed by atoms with Crippen LogP contribution in [0, 0.1) is 6.92 Å². The molecule has 8 heteroatoms. The van der Waals surface area contributed by atoms with Crippen LogP contribution in [0.4, 0.5) is 5.69 Å². The van der Waals surface area contributed by atoms with Gasteiger partial charge in [-0.25, -0.2) is 9.67 Å². The predicted octanol–water partition coefficient (Wildman–Crippen LogP) is 3.94. The zero-order valence-corrected chi connectivity index (χ0v) is 16.6. The van der Waals surface area contributed by atoms with Crippen molar-refractivity contribution >= 4 is 22.6 Å². The number of anilines is 1. The zero-order chi connectivity index (χ0) is 20.4. The number of benzene rings is 1. The summed E-state index contributed by atoms with van der Waals surface area (Å²) in [5, 5.41) is 16.2. The zero-order valence-electron chi connectivity index (χ0n) is 16.6. The van der Waals surface area contributed by atoms with Gasteiger partial charge in [-0.3, -0.25) is 4.79 Å². The van der Waals surface area contributed by atoms with Gasteiger partial charge in [0.1, 0.15) is 0 Å². The quantitative estimate of drug-likeness (QED) is 0.535. The van der Waals surface area contributed by atoms with Crippen molar-refractivity contribution in [3.8, 4) is 11.5 Å². The third kappa shape index (κ3) is 4.16. The van der Waals surface area contributed by atoms with Gasteiger partial charge in [0, 0.05) is 29.8 Å². The second kappa shape index (κ2) is 7.83. The Morgan fingerprint density at radius 1 is 1.17 bits per heavy atom. The molecule has 0 unspecified atom stereocenters. The second-order valence-corrected chi connectivity index (χ2v) is 7.23. The first-order valence-electron chi connectivity index (χ1n) is 9.52. The van der Waals surface area contributed by atoms with E-state index < -0.39 is 0 Å². The highest BCUT2D eigenvalue weighted by Crippen LogP contribution is 2.20. The van der Waals surface area contributed by atoms with E-state index in [1.807, 2.05) is 55.8 Å². The maximum atomic E-state index is 12.3. The minimum atomic E-state index is -0.141. The number of rotatable bonds is 6. The number of nitrogens with one attached hydrogen (secondary N) is 1. The van der Waals surface area contributed by atoms with Crippen LogP contribution in [-0.4, -0.2) is 30.9 Å². The summed E-state index contributed by atoms with van der Waals surface area (Å²) < 4.78 is 7.52. The van der Waals surface area contributed by atoms with Crippen molar-refractivity contribution in [2.45, 2.75) is 39.7 Å². The third-order valence-corrected chi connectivity index (χ3v) is 4.54. The number of aryl methyl sites for hydroxylation is 2. The van der Waals surface area contributed by atoms with E-state index in [1.165, 1.54) is 0 Å². The molecule has 0 aliphatic heterocycles. The second-order valence-electron chi connectivity index (χ2n) is 7.23. The number of amides is 1. The predicted molar refractivity (Wildman–Crippen MR) is 109 cm³/mol. The van der Waals surface area contributed by atoms with Gasteiger partial charge in [-0.05, 0) is 39.0 Å². The van der Waals surface area contributed by atoms with Gasteiger partial charge in [0.05, 0.1) is 18.1 Å². The number of fused-ring (bicyclic) bond motifs is 1. The highest BCUT2D eigenvalue weighted by molar-refractivity contribution is 5.92. The normalized spacial score (nSPS) is 11.3. The monoisotopic (exact) mass is 390 g/mol. The Morgan fingerprint density at radius 2 is 1.97 bits per heavy atom. The van der Waals surface area contributed by atoms with E-state index in [4.69, 9.17) is 4.42 Å². The highest BCUT2D eigenvalue weighted by atomic mass is 16.4. The standard InChI is InChI=1S/C21H22N6O2/c1-13(2)27-20-16(11-23-27)10-17(12-22-20)24-18(28)8-9-19-25-26-21(29-19)15-6-4-14(3)5-7-15/h4-7,10-13H,8-9H2,1-3H3,(H,24,28). The largest absolute Gasteiger partial charge is 0.421 e. The van der Waals surface area contributed by atoms with Gasteiger partial charge in [-0.2, -0.15) is 5.10 Å². The van der Waals surface area contributed by atoms with Crippen LogP contribution in [-0.2, 0) is 11.2 Å². The SMILES string of the molecule is Cc1ccc(-c2nnc(CCC(=O)Nc3cnc4c(cnn4C(C)C)c3)o2)cc1. The summed E-state index contributed by atoms with van der Waals surface area (Å²) in [4.78, 5) is 16.7. The first-order valence-corrected chi connectivity index (χ1v) is 9.52. The Balaban J connectivity index is 1.37. The van der Waals surface area contributed by atoms with Crippen LogP contribution in [0.1, 0.15) is 37.8 Å². The molecule has 1 amide bonds. The summed E-state index contributed by atoms with van der Waals surface area (Å²) in [6.45, 7) is 6.11. The molecule has 0 aliphatic carbocycles. The molecule has 3 heterocycles. The van der Waals surface area contributed by atoms with Gasteiger partial charge in [0.15, 0.2) is 5.65 Å². The average Bonchev–Trinajstić information content (AvgIpc) is 3.34. The molecule has 0 atom stereocenters. The van der Waals surface area contributed by atoms with Gasteiger partial charge >= 0.3 is 0 Å². The molecule has 0 saturated carbocycles. The molecule has 0 fully saturated rings. The van der Waals surface area contributed by atoms with E-state index in [0.717, 1.165) is 22.2 Å². The maximum absolute atomic E-state index is 12.3. The Hall–Kier alpha value is -3.55. The maximum Gasteiger partial charge on any atom is 0.247 e. The number of carbonyl (C=O) groups excluding carboxylic acids is 1. The molecule has 1 N–H and O–H groups in total. The minimum Gasteiger partial charge on any atom is -0.421 e. The van der Waals surface area contributed by atoms with Crippen molar-refractivity contribution in [3.63, 3.8) is 0 Å². The third-order valence-electron chi connectivity index (χ3n) is 4.54. The van der Waals surface area contributed by atoms with Crippen molar-refractivity contribution in [2.24, 2.45) is 0 Å². The topological polar surface area (TPSA) is 98.7 Å². The lowest BCUT2D eigenvalue weighted by Gasteiger charge is -2.07. The molecule has 148 valence electrons. The van der Waals surface area contributed by atoms with E-state index >= 15 is 0 Å². The van der Waals surface area contributed by atoms with Crippen LogP contribution < -0.4 is 5.32 Å². The molecule has 0 bridgehead atoms. The molecule has 0 spiro atoms.